The zero-order valence-electron chi connectivity index (χ0n) is 11.4. The van der Waals surface area contributed by atoms with E-state index in [1.54, 1.807) is 11.1 Å². The fourth-order valence-corrected chi connectivity index (χ4v) is 2.08. The number of hydrogen-bond donors (Lipinski definition) is 1. The van der Waals surface area contributed by atoms with E-state index < -0.39 is 0 Å². The highest BCUT2D eigenvalue weighted by Gasteiger charge is 2.22. The van der Waals surface area contributed by atoms with Gasteiger partial charge >= 0.3 is 0 Å². The van der Waals surface area contributed by atoms with E-state index in [1.165, 1.54) is 6.20 Å². The second kappa shape index (κ2) is 6.47. The molecular weight excluding hydrogens is 244 g/mol. The van der Waals surface area contributed by atoms with Crippen LogP contribution in [0.25, 0.3) is 0 Å². The van der Waals surface area contributed by atoms with Crippen molar-refractivity contribution in [1.82, 2.24) is 14.9 Å². The van der Waals surface area contributed by atoms with Gasteiger partial charge in [0, 0.05) is 26.2 Å². The van der Waals surface area contributed by atoms with E-state index in [1.807, 2.05) is 13.8 Å². The molecule has 1 aliphatic heterocycles. The van der Waals surface area contributed by atoms with E-state index in [-0.39, 0.29) is 12.0 Å². The number of hydrogen-bond acceptors (Lipinski definition) is 5. The summed E-state index contributed by atoms with van der Waals surface area (Å²) in [7, 11) is 0. The van der Waals surface area contributed by atoms with Crippen molar-refractivity contribution in [3.8, 4) is 0 Å². The van der Waals surface area contributed by atoms with Crippen LogP contribution in [0.15, 0.2) is 12.4 Å². The second-order valence-corrected chi connectivity index (χ2v) is 4.61. The lowest BCUT2D eigenvalue weighted by atomic mass is 10.3. The predicted molar refractivity (Wildman–Crippen MR) is 72.1 cm³/mol. The summed E-state index contributed by atoms with van der Waals surface area (Å²) >= 11 is 0. The molecule has 0 bridgehead atoms. The normalized spacial score (nSPS) is 19.9. The molecule has 1 atom stereocenters. The lowest BCUT2D eigenvalue weighted by molar-refractivity contribution is 0.0559. The van der Waals surface area contributed by atoms with Gasteiger partial charge in [-0.05, 0) is 20.3 Å². The summed E-state index contributed by atoms with van der Waals surface area (Å²) in [5.41, 5.74) is 0.382. The van der Waals surface area contributed by atoms with Gasteiger partial charge in [-0.3, -0.25) is 9.78 Å². The zero-order valence-corrected chi connectivity index (χ0v) is 11.4. The second-order valence-electron chi connectivity index (χ2n) is 4.61. The maximum Gasteiger partial charge on any atom is 0.274 e. The van der Waals surface area contributed by atoms with Gasteiger partial charge in [-0.25, -0.2) is 4.98 Å². The van der Waals surface area contributed by atoms with Crippen LogP contribution in [0, 0.1) is 0 Å². The van der Waals surface area contributed by atoms with Gasteiger partial charge in [-0.2, -0.15) is 0 Å². The van der Waals surface area contributed by atoms with E-state index in [0.717, 1.165) is 13.0 Å². The number of nitrogens with one attached hydrogen (secondary N) is 1. The van der Waals surface area contributed by atoms with Crippen LogP contribution >= 0.6 is 0 Å². The molecule has 1 aromatic rings. The van der Waals surface area contributed by atoms with Crippen LogP contribution in [0.5, 0.6) is 0 Å². The molecular formula is C13H20N4O2. The molecule has 6 nitrogen and oxygen atoms in total. The fraction of sp³-hybridized carbons (Fsp3) is 0.615. The number of nitrogens with zero attached hydrogens (tertiary/aromatic N) is 3. The number of ether oxygens (including phenoxy) is 1. The molecule has 2 heterocycles. The molecule has 104 valence electrons. The lowest BCUT2D eigenvalue weighted by Crippen LogP contribution is -2.36. The molecule has 2 rings (SSSR count). The number of rotatable bonds is 3. The van der Waals surface area contributed by atoms with E-state index in [9.17, 15) is 4.79 Å². The van der Waals surface area contributed by atoms with E-state index in [2.05, 4.69) is 15.3 Å². The molecule has 1 saturated heterocycles. The number of carbonyl (C=O) groups is 1. The van der Waals surface area contributed by atoms with Crippen molar-refractivity contribution < 1.29 is 9.53 Å². The topological polar surface area (TPSA) is 67.4 Å². The third-order valence-electron chi connectivity index (χ3n) is 2.95. The maximum absolute atomic E-state index is 12.4. The molecule has 0 spiro atoms. The van der Waals surface area contributed by atoms with Gasteiger partial charge in [0.15, 0.2) is 0 Å². The zero-order chi connectivity index (χ0) is 13.7. The highest BCUT2D eigenvalue weighted by atomic mass is 16.5. The van der Waals surface area contributed by atoms with Gasteiger partial charge in [0.1, 0.15) is 11.5 Å². The van der Waals surface area contributed by atoms with Crippen molar-refractivity contribution in [3.63, 3.8) is 0 Å². The summed E-state index contributed by atoms with van der Waals surface area (Å²) in [4.78, 5) is 22.5. The molecule has 0 aromatic carbocycles. The van der Waals surface area contributed by atoms with Gasteiger partial charge in [0.05, 0.1) is 18.5 Å². The Balaban J connectivity index is 2.11. The Bertz CT molecular complexity index is 438. The highest BCUT2D eigenvalue weighted by Crippen LogP contribution is 2.10. The van der Waals surface area contributed by atoms with Crippen molar-refractivity contribution in [2.75, 3.05) is 31.6 Å². The van der Waals surface area contributed by atoms with Gasteiger partial charge in [-0.15, -0.1) is 0 Å². The van der Waals surface area contributed by atoms with Crippen LogP contribution in [-0.2, 0) is 4.74 Å². The predicted octanol–water partition coefficient (Wildman–Crippen LogP) is 1.16. The van der Waals surface area contributed by atoms with Crippen LogP contribution in [0.2, 0.25) is 0 Å². The van der Waals surface area contributed by atoms with Crippen molar-refractivity contribution in [1.29, 1.82) is 0 Å². The first kappa shape index (κ1) is 13.7. The molecule has 19 heavy (non-hydrogen) atoms. The number of aromatic nitrogens is 2. The van der Waals surface area contributed by atoms with E-state index in [0.29, 0.717) is 31.2 Å². The van der Waals surface area contributed by atoms with Crippen LogP contribution in [0.3, 0.4) is 0 Å². The summed E-state index contributed by atoms with van der Waals surface area (Å²) in [6.45, 7) is 6.72. The molecule has 6 heteroatoms. The average molecular weight is 264 g/mol. The summed E-state index contributed by atoms with van der Waals surface area (Å²) in [5, 5.41) is 3.06. The number of anilines is 1. The van der Waals surface area contributed by atoms with E-state index in [4.69, 9.17) is 4.74 Å². The third kappa shape index (κ3) is 3.64. The quantitative estimate of drug-likeness (QED) is 0.887. The Morgan fingerprint density at radius 1 is 1.58 bits per heavy atom. The first-order valence-electron chi connectivity index (χ1n) is 6.67. The lowest BCUT2D eigenvalue weighted by Gasteiger charge is -2.21. The Kier molecular flexibility index (Phi) is 4.68. The Labute approximate surface area is 113 Å². The first-order valence-corrected chi connectivity index (χ1v) is 6.67. The van der Waals surface area contributed by atoms with Crippen molar-refractivity contribution in [2.45, 2.75) is 26.4 Å². The van der Waals surface area contributed by atoms with Crippen LogP contribution < -0.4 is 5.32 Å². The van der Waals surface area contributed by atoms with Gasteiger partial charge in [-0.1, -0.05) is 0 Å². The fourth-order valence-electron chi connectivity index (χ4n) is 2.08. The van der Waals surface area contributed by atoms with Gasteiger partial charge in [0.25, 0.3) is 5.91 Å². The minimum absolute atomic E-state index is 0.0661. The van der Waals surface area contributed by atoms with Crippen molar-refractivity contribution >= 4 is 11.7 Å². The highest BCUT2D eigenvalue weighted by molar-refractivity contribution is 5.92. The van der Waals surface area contributed by atoms with Crippen LogP contribution in [0.4, 0.5) is 5.82 Å². The molecule has 1 aliphatic rings. The third-order valence-corrected chi connectivity index (χ3v) is 2.95. The summed E-state index contributed by atoms with van der Waals surface area (Å²) < 4.78 is 5.54. The minimum atomic E-state index is -0.0791. The van der Waals surface area contributed by atoms with Gasteiger partial charge in [0.2, 0.25) is 0 Å². The molecule has 0 saturated carbocycles. The van der Waals surface area contributed by atoms with Crippen molar-refractivity contribution in [2.24, 2.45) is 0 Å². The number of carbonyl (C=O) groups excluding carboxylic acids is 1. The summed E-state index contributed by atoms with van der Waals surface area (Å²) in [6, 6.07) is 0. The molecule has 1 fully saturated rings. The first-order chi connectivity index (χ1) is 9.20. The van der Waals surface area contributed by atoms with Crippen LogP contribution in [-0.4, -0.2) is 53.1 Å². The molecule has 1 unspecified atom stereocenters. The standard InChI is InChI=1S/C13H20N4O2/c1-3-15-12-8-14-7-11(16-12)13(18)17-5-4-6-19-10(2)9-17/h7-8,10H,3-6,9H2,1-2H3,(H,15,16). The van der Waals surface area contributed by atoms with Crippen molar-refractivity contribution in [3.05, 3.63) is 18.1 Å². The summed E-state index contributed by atoms with van der Waals surface area (Å²) in [6.07, 6.45) is 4.06. The molecule has 1 amide bonds. The smallest absolute Gasteiger partial charge is 0.274 e. The largest absolute Gasteiger partial charge is 0.377 e. The molecule has 1 N–H and O–H groups in total. The monoisotopic (exact) mass is 264 g/mol. The molecule has 0 aliphatic carbocycles. The van der Waals surface area contributed by atoms with Crippen LogP contribution in [0.1, 0.15) is 30.8 Å². The maximum atomic E-state index is 12.4. The molecule has 1 aromatic heterocycles. The average Bonchev–Trinajstić information content (AvgIpc) is 2.63. The van der Waals surface area contributed by atoms with Gasteiger partial charge < -0.3 is 15.0 Å². The number of amides is 1. The minimum Gasteiger partial charge on any atom is -0.377 e. The molecule has 0 radical (unpaired) electrons. The summed E-state index contributed by atoms with van der Waals surface area (Å²) in [5.74, 6) is 0.553. The Hall–Kier alpha value is -1.69. The Morgan fingerprint density at radius 2 is 2.42 bits per heavy atom. The SMILES string of the molecule is CCNc1cncc(C(=O)N2CCCOC(C)C2)n1. The van der Waals surface area contributed by atoms with E-state index >= 15 is 0 Å². The Morgan fingerprint density at radius 3 is 3.21 bits per heavy atom.